The first-order valence-electron chi connectivity index (χ1n) is 16.6. The van der Waals surface area contributed by atoms with Gasteiger partial charge in [0.05, 0.1) is 6.26 Å². The molecule has 0 amide bonds. The van der Waals surface area contributed by atoms with E-state index in [1.807, 2.05) is 24.5 Å². The lowest BCUT2D eigenvalue weighted by Crippen LogP contribution is -1.90. The van der Waals surface area contributed by atoms with Gasteiger partial charge in [-0.15, -0.1) is 0 Å². The van der Waals surface area contributed by atoms with Crippen molar-refractivity contribution in [2.45, 2.75) is 0 Å². The third kappa shape index (κ3) is 3.78. The number of benzene rings is 8. The van der Waals surface area contributed by atoms with Gasteiger partial charge in [0.15, 0.2) is 11.2 Å². The van der Waals surface area contributed by atoms with E-state index < -0.39 is 0 Å². The highest BCUT2D eigenvalue weighted by Gasteiger charge is 2.20. The summed E-state index contributed by atoms with van der Waals surface area (Å²) in [6.45, 7) is 0. The Balaban J connectivity index is 1.14. The summed E-state index contributed by atoms with van der Waals surface area (Å²) >= 11 is 0. The molecule has 3 aromatic heterocycles. The molecule has 11 rings (SSSR count). The maximum atomic E-state index is 6.66. The highest BCUT2D eigenvalue weighted by Crippen LogP contribution is 2.46. The Labute approximate surface area is 280 Å². The van der Waals surface area contributed by atoms with E-state index in [-0.39, 0.29) is 0 Å². The molecule has 0 aliphatic rings. The summed E-state index contributed by atoms with van der Waals surface area (Å²) in [5.74, 6) is 0. The lowest BCUT2D eigenvalue weighted by molar-refractivity contribution is 0.600. The van der Waals surface area contributed by atoms with Gasteiger partial charge in [-0.3, -0.25) is 0 Å². The molecule has 11 aromatic rings. The summed E-state index contributed by atoms with van der Waals surface area (Å²) in [4.78, 5) is 0. The van der Waals surface area contributed by atoms with Crippen LogP contribution in [0, 0.1) is 0 Å². The summed E-state index contributed by atoms with van der Waals surface area (Å²) in [7, 11) is 0. The number of para-hydroxylation sites is 1. The fourth-order valence-electron chi connectivity index (χ4n) is 7.95. The van der Waals surface area contributed by atoms with Gasteiger partial charge < -0.3 is 13.3 Å². The SMILES string of the molecule is c1ccc(-c2coc3c2ccc2c4ccc(-c5c6ccccc6c(-c6ccc7oc8ccccc8c7c6)c6ccccc56)cc4oc23)cc1. The van der Waals surface area contributed by atoms with Crippen molar-refractivity contribution < 1.29 is 13.3 Å². The van der Waals surface area contributed by atoms with E-state index in [2.05, 4.69) is 133 Å². The zero-order valence-corrected chi connectivity index (χ0v) is 26.2. The summed E-state index contributed by atoms with van der Waals surface area (Å²) in [6, 6.07) is 53.6. The van der Waals surface area contributed by atoms with E-state index in [9.17, 15) is 0 Å². The zero-order chi connectivity index (χ0) is 32.1. The highest BCUT2D eigenvalue weighted by atomic mass is 16.4. The van der Waals surface area contributed by atoms with Crippen molar-refractivity contribution in [1.82, 2.24) is 0 Å². The van der Waals surface area contributed by atoms with Crippen LogP contribution < -0.4 is 0 Å². The molecular weight excluding hydrogens is 601 g/mol. The summed E-state index contributed by atoms with van der Waals surface area (Å²) in [6.07, 6.45) is 1.84. The number of furan rings is 3. The second-order valence-corrected chi connectivity index (χ2v) is 12.8. The average molecular weight is 627 g/mol. The molecule has 0 aliphatic carbocycles. The van der Waals surface area contributed by atoms with Crippen molar-refractivity contribution in [3.8, 4) is 33.4 Å². The Morgan fingerprint density at radius 2 is 0.857 bits per heavy atom. The quantitative estimate of drug-likeness (QED) is 0.183. The van der Waals surface area contributed by atoms with Crippen molar-refractivity contribution in [1.29, 1.82) is 0 Å². The van der Waals surface area contributed by atoms with Crippen LogP contribution in [-0.4, -0.2) is 0 Å². The van der Waals surface area contributed by atoms with E-state index in [0.717, 1.165) is 71.5 Å². The molecule has 0 radical (unpaired) electrons. The van der Waals surface area contributed by atoms with Crippen molar-refractivity contribution in [3.05, 3.63) is 158 Å². The Hall–Kier alpha value is -6.58. The standard InChI is InChI=1S/C46H26O3/c1-2-10-27(11-3-1)39-26-47-45-37(39)22-21-36-31-20-18-29(25-42(31)49-46(36)45)44-34-15-6-4-13-32(34)43(33-14-5-7-16-35(33)44)28-19-23-41-38(24-28)30-12-8-9-17-40(30)48-41/h1-26H. The van der Waals surface area contributed by atoms with Crippen LogP contribution in [0.3, 0.4) is 0 Å². The molecule has 3 heteroatoms. The maximum Gasteiger partial charge on any atom is 0.178 e. The van der Waals surface area contributed by atoms with Gasteiger partial charge >= 0.3 is 0 Å². The fourth-order valence-corrected chi connectivity index (χ4v) is 7.95. The number of hydrogen-bond donors (Lipinski definition) is 0. The molecule has 0 unspecified atom stereocenters. The number of hydrogen-bond acceptors (Lipinski definition) is 3. The van der Waals surface area contributed by atoms with Crippen LogP contribution in [0.15, 0.2) is 171 Å². The first-order chi connectivity index (χ1) is 24.3. The van der Waals surface area contributed by atoms with E-state index in [4.69, 9.17) is 13.3 Å². The molecule has 0 spiro atoms. The minimum Gasteiger partial charge on any atom is -0.460 e. The van der Waals surface area contributed by atoms with Gasteiger partial charge in [0.1, 0.15) is 16.7 Å². The molecule has 0 N–H and O–H groups in total. The first-order valence-corrected chi connectivity index (χ1v) is 16.6. The van der Waals surface area contributed by atoms with Crippen LogP contribution in [0.25, 0.3) is 110 Å². The highest BCUT2D eigenvalue weighted by molar-refractivity contribution is 6.23. The lowest BCUT2D eigenvalue weighted by Gasteiger charge is -2.17. The minimum absolute atomic E-state index is 0.775. The van der Waals surface area contributed by atoms with Gasteiger partial charge in [0, 0.05) is 32.5 Å². The normalized spacial score (nSPS) is 12.1. The van der Waals surface area contributed by atoms with Gasteiger partial charge in [-0.05, 0) is 91.8 Å². The zero-order valence-electron chi connectivity index (χ0n) is 26.2. The van der Waals surface area contributed by atoms with Gasteiger partial charge in [-0.25, -0.2) is 0 Å². The van der Waals surface area contributed by atoms with Crippen LogP contribution in [0.4, 0.5) is 0 Å². The molecule has 0 aliphatic heterocycles. The summed E-state index contributed by atoms with van der Waals surface area (Å²) < 4.78 is 19.0. The van der Waals surface area contributed by atoms with Crippen LogP contribution in [0.2, 0.25) is 0 Å². The van der Waals surface area contributed by atoms with E-state index in [1.165, 1.54) is 38.2 Å². The number of rotatable bonds is 3. The van der Waals surface area contributed by atoms with E-state index in [1.54, 1.807) is 0 Å². The Kier molecular flexibility index (Phi) is 5.38. The smallest absolute Gasteiger partial charge is 0.178 e. The molecule has 0 saturated carbocycles. The summed E-state index contributed by atoms with van der Waals surface area (Å²) in [5.41, 5.74) is 11.1. The van der Waals surface area contributed by atoms with Crippen molar-refractivity contribution in [2.75, 3.05) is 0 Å². The Morgan fingerprint density at radius 3 is 1.59 bits per heavy atom. The second kappa shape index (κ2) is 9.96. The molecule has 3 heterocycles. The predicted molar refractivity (Wildman–Crippen MR) is 202 cm³/mol. The number of fused-ring (bicyclic) bond motifs is 10. The minimum atomic E-state index is 0.775. The van der Waals surface area contributed by atoms with Crippen molar-refractivity contribution >= 4 is 76.4 Å². The monoisotopic (exact) mass is 626 g/mol. The van der Waals surface area contributed by atoms with Crippen LogP contribution >= 0.6 is 0 Å². The third-order valence-corrected chi connectivity index (χ3v) is 10.2. The van der Waals surface area contributed by atoms with Gasteiger partial charge in [0.2, 0.25) is 0 Å². The van der Waals surface area contributed by atoms with E-state index >= 15 is 0 Å². The molecular formula is C46H26O3. The molecule has 0 bridgehead atoms. The van der Waals surface area contributed by atoms with Gasteiger partial charge in [0.25, 0.3) is 0 Å². The maximum absolute atomic E-state index is 6.66. The lowest BCUT2D eigenvalue weighted by atomic mass is 9.85. The molecule has 0 atom stereocenters. The topological polar surface area (TPSA) is 39.4 Å². The Morgan fingerprint density at radius 1 is 0.306 bits per heavy atom. The molecule has 8 aromatic carbocycles. The molecule has 228 valence electrons. The van der Waals surface area contributed by atoms with Crippen LogP contribution in [0.1, 0.15) is 0 Å². The molecule has 3 nitrogen and oxygen atoms in total. The Bertz CT molecular complexity index is 3040. The molecule has 49 heavy (non-hydrogen) atoms. The third-order valence-electron chi connectivity index (χ3n) is 10.2. The molecule has 0 saturated heterocycles. The summed E-state index contributed by atoms with van der Waals surface area (Å²) in [5, 5.41) is 10.2. The predicted octanol–water partition coefficient (Wildman–Crippen LogP) is 13.5. The largest absolute Gasteiger partial charge is 0.460 e. The van der Waals surface area contributed by atoms with E-state index in [0.29, 0.717) is 0 Å². The van der Waals surface area contributed by atoms with Gasteiger partial charge in [-0.1, -0.05) is 109 Å². The van der Waals surface area contributed by atoms with Crippen molar-refractivity contribution in [3.63, 3.8) is 0 Å². The molecule has 0 fully saturated rings. The first kappa shape index (κ1) is 26.5. The van der Waals surface area contributed by atoms with Crippen LogP contribution in [-0.2, 0) is 0 Å². The van der Waals surface area contributed by atoms with Crippen LogP contribution in [0.5, 0.6) is 0 Å². The second-order valence-electron chi connectivity index (χ2n) is 12.8. The average Bonchev–Trinajstić information content (AvgIpc) is 3.87. The van der Waals surface area contributed by atoms with Gasteiger partial charge in [-0.2, -0.15) is 0 Å². The fraction of sp³-hybridized carbons (Fsp3) is 0. The van der Waals surface area contributed by atoms with Crippen molar-refractivity contribution in [2.24, 2.45) is 0 Å².